The van der Waals surface area contributed by atoms with Crippen LogP contribution in [0.4, 0.5) is 22.7 Å². The van der Waals surface area contributed by atoms with Crippen LogP contribution < -0.4 is 14.7 Å². The number of carbonyl (C=O) groups excluding carboxylic acids is 1. The van der Waals surface area contributed by atoms with Crippen LogP contribution in [0.15, 0.2) is 77.7 Å². The Hall–Kier alpha value is -3.36. The molecular weight excluding hydrogens is 448 g/mol. The lowest BCUT2D eigenvalue weighted by Crippen LogP contribution is -2.50. The fourth-order valence-corrected chi connectivity index (χ4v) is 5.13. The van der Waals surface area contributed by atoms with Gasteiger partial charge in [0.05, 0.1) is 16.3 Å². The third kappa shape index (κ3) is 4.26. The van der Waals surface area contributed by atoms with Gasteiger partial charge in [0.25, 0.3) is 0 Å². The maximum absolute atomic E-state index is 12.9. The van der Waals surface area contributed by atoms with Crippen LogP contribution in [0.5, 0.6) is 0 Å². The van der Waals surface area contributed by atoms with Gasteiger partial charge in [-0.3, -0.25) is 4.79 Å². The summed E-state index contributed by atoms with van der Waals surface area (Å²) < 4.78 is 26.4. The van der Waals surface area contributed by atoms with Crippen LogP contribution in [0.25, 0.3) is 0 Å². The van der Waals surface area contributed by atoms with Crippen molar-refractivity contribution in [3.63, 3.8) is 0 Å². The van der Waals surface area contributed by atoms with Crippen molar-refractivity contribution in [2.75, 3.05) is 42.9 Å². The summed E-state index contributed by atoms with van der Waals surface area (Å²) in [5.41, 5.74) is 4.58. The molecule has 8 heteroatoms. The number of fused-ring (bicyclic) bond motifs is 1. The molecule has 0 aliphatic carbocycles. The first-order valence-electron chi connectivity index (χ1n) is 11.1. The normalized spacial score (nSPS) is 16.1. The minimum Gasteiger partial charge on any atom is -0.354 e. The monoisotopic (exact) mass is 478 g/mol. The Balaban J connectivity index is 1.74. The molecule has 3 aromatic carbocycles. The van der Waals surface area contributed by atoms with Crippen molar-refractivity contribution >= 4 is 38.7 Å². The SMILES string of the molecule is CC1C(=O)N(C)c2ccc(N(C)c3cccc(S(=O)(=O)N(C)C)c3)cc2N1Cc1ccccc1. The van der Waals surface area contributed by atoms with Crippen molar-refractivity contribution in [1.82, 2.24) is 4.31 Å². The molecule has 0 N–H and O–H groups in total. The Morgan fingerprint density at radius 1 is 0.853 bits per heavy atom. The molecule has 0 saturated heterocycles. The van der Waals surface area contributed by atoms with Crippen molar-refractivity contribution in [2.45, 2.75) is 24.4 Å². The maximum Gasteiger partial charge on any atom is 0.249 e. The molecule has 0 saturated carbocycles. The fourth-order valence-electron chi connectivity index (χ4n) is 4.19. The number of carbonyl (C=O) groups is 1. The predicted octanol–water partition coefficient (Wildman–Crippen LogP) is 4.08. The minimum atomic E-state index is -3.54. The lowest BCUT2D eigenvalue weighted by molar-refractivity contribution is -0.119. The summed E-state index contributed by atoms with van der Waals surface area (Å²) in [6.07, 6.45) is 0. The molecule has 0 bridgehead atoms. The number of rotatable bonds is 6. The standard InChI is InChI=1S/C26H30N4O3S/c1-19-26(31)29(5)24-15-14-22(17-25(24)30(19)18-20-10-7-6-8-11-20)28(4)21-12-9-13-23(16-21)34(32,33)27(2)3/h6-17,19H,18H2,1-5H3. The third-order valence-corrected chi connectivity index (χ3v) is 8.16. The first-order chi connectivity index (χ1) is 16.1. The average Bonchev–Trinajstić information content (AvgIpc) is 2.85. The Kier molecular flexibility index (Phi) is 6.38. The smallest absolute Gasteiger partial charge is 0.249 e. The van der Waals surface area contributed by atoms with E-state index < -0.39 is 10.0 Å². The maximum atomic E-state index is 12.9. The van der Waals surface area contributed by atoms with Crippen LogP contribution in [-0.4, -0.2) is 52.9 Å². The Morgan fingerprint density at radius 2 is 1.53 bits per heavy atom. The van der Waals surface area contributed by atoms with Gasteiger partial charge in [0.1, 0.15) is 6.04 Å². The van der Waals surface area contributed by atoms with E-state index in [1.807, 2.05) is 55.3 Å². The molecule has 1 heterocycles. The number of nitrogens with zero attached hydrogens (tertiary/aromatic N) is 4. The first-order valence-corrected chi connectivity index (χ1v) is 12.5. The summed E-state index contributed by atoms with van der Waals surface area (Å²) in [7, 11) is 3.22. The van der Waals surface area contributed by atoms with Gasteiger partial charge in [-0.05, 0) is 48.9 Å². The van der Waals surface area contributed by atoms with Gasteiger partial charge in [-0.1, -0.05) is 36.4 Å². The lowest BCUT2D eigenvalue weighted by Gasteiger charge is -2.41. The number of hydrogen-bond acceptors (Lipinski definition) is 5. The van der Waals surface area contributed by atoms with Crippen LogP contribution in [0, 0.1) is 0 Å². The number of sulfonamides is 1. The first kappa shape index (κ1) is 23.8. The molecule has 3 aromatic rings. The zero-order chi connectivity index (χ0) is 24.6. The molecule has 1 aliphatic heterocycles. The molecule has 0 aromatic heterocycles. The Labute approximate surface area is 201 Å². The van der Waals surface area contributed by atoms with Crippen molar-refractivity contribution in [2.24, 2.45) is 0 Å². The van der Waals surface area contributed by atoms with Gasteiger partial charge in [-0.25, -0.2) is 12.7 Å². The molecule has 1 unspecified atom stereocenters. The zero-order valence-electron chi connectivity index (χ0n) is 20.1. The van der Waals surface area contributed by atoms with Crippen molar-refractivity contribution in [3.8, 4) is 0 Å². The van der Waals surface area contributed by atoms with Gasteiger partial charge in [0.15, 0.2) is 0 Å². The molecule has 0 spiro atoms. The minimum absolute atomic E-state index is 0.0473. The fraction of sp³-hybridized carbons (Fsp3) is 0.269. The largest absolute Gasteiger partial charge is 0.354 e. The van der Waals surface area contributed by atoms with E-state index in [2.05, 4.69) is 23.1 Å². The van der Waals surface area contributed by atoms with E-state index in [4.69, 9.17) is 0 Å². The number of anilines is 4. The number of amides is 1. The highest BCUT2D eigenvalue weighted by molar-refractivity contribution is 7.89. The van der Waals surface area contributed by atoms with E-state index >= 15 is 0 Å². The van der Waals surface area contributed by atoms with Gasteiger partial charge >= 0.3 is 0 Å². The second-order valence-electron chi connectivity index (χ2n) is 8.70. The topological polar surface area (TPSA) is 64.2 Å². The highest BCUT2D eigenvalue weighted by atomic mass is 32.2. The second kappa shape index (κ2) is 9.12. The molecule has 4 rings (SSSR count). The molecule has 0 radical (unpaired) electrons. The molecule has 1 atom stereocenters. The van der Waals surface area contributed by atoms with Crippen LogP contribution >= 0.6 is 0 Å². The summed E-state index contributed by atoms with van der Waals surface area (Å²) in [4.78, 5) is 18.9. The van der Waals surface area contributed by atoms with E-state index in [0.29, 0.717) is 6.54 Å². The second-order valence-corrected chi connectivity index (χ2v) is 10.9. The summed E-state index contributed by atoms with van der Waals surface area (Å²) in [6, 6.07) is 22.6. The lowest BCUT2D eigenvalue weighted by atomic mass is 10.0. The van der Waals surface area contributed by atoms with E-state index in [-0.39, 0.29) is 16.8 Å². The summed E-state index contributed by atoms with van der Waals surface area (Å²) in [5.74, 6) is 0.0473. The van der Waals surface area contributed by atoms with Crippen LogP contribution in [-0.2, 0) is 21.4 Å². The van der Waals surface area contributed by atoms with Crippen molar-refractivity contribution in [1.29, 1.82) is 0 Å². The van der Waals surface area contributed by atoms with Gasteiger partial charge in [0.2, 0.25) is 15.9 Å². The summed E-state index contributed by atoms with van der Waals surface area (Å²) >= 11 is 0. The highest BCUT2D eigenvalue weighted by Crippen LogP contribution is 2.40. The van der Waals surface area contributed by atoms with Gasteiger partial charge in [0, 0.05) is 46.1 Å². The van der Waals surface area contributed by atoms with E-state index in [1.54, 1.807) is 30.1 Å². The molecule has 1 aliphatic rings. The highest BCUT2D eigenvalue weighted by Gasteiger charge is 2.34. The molecule has 178 valence electrons. The van der Waals surface area contributed by atoms with E-state index in [9.17, 15) is 13.2 Å². The quantitative estimate of drug-likeness (QED) is 0.534. The molecule has 1 amide bonds. The summed E-state index contributed by atoms with van der Waals surface area (Å²) in [6.45, 7) is 2.54. The van der Waals surface area contributed by atoms with Crippen molar-refractivity contribution < 1.29 is 13.2 Å². The number of benzene rings is 3. The van der Waals surface area contributed by atoms with E-state index in [1.165, 1.54) is 18.4 Å². The number of likely N-dealkylation sites (N-methyl/N-ethyl adjacent to an activating group) is 1. The van der Waals surface area contributed by atoms with Gasteiger partial charge in [-0.2, -0.15) is 0 Å². The predicted molar refractivity (Wildman–Crippen MR) is 137 cm³/mol. The van der Waals surface area contributed by atoms with Crippen LogP contribution in [0.1, 0.15) is 12.5 Å². The van der Waals surface area contributed by atoms with Crippen molar-refractivity contribution in [3.05, 3.63) is 78.4 Å². The van der Waals surface area contributed by atoms with E-state index in [0.717, 1.165) is 28.3 Å². The Bertz CT molecular complexity index is 1310. The summed E-state index contributed by atoms with van der Waals surface area (Å²) in [5, 5.41) is 0. The zero-order valence-corrected chi connectivity index (χ0v) is 21.0. The molecule has 7 nitrogen and oxygen atoms in total. The van der Waals surface area contributed by atoms with Crippen LogP contribution in [0.2, 0.25) is 0 Å². The molecule has 34 heavy (non-hydrogen) atoms. The third-order valence-electron chi connectivity index (χ3n) is 6.35. The average molecular weight is 479 g/mol. The number of hydrogen-bond donors (Lipinski definition) is 0. The Morgan fingerprint density at radius 3 is 2.21 bits per heavy atom. The van der Waals surface area contributed by atoms with Gasteiger partial charge in [-0.15, -0.1) is 0 Å². The molecular formula is C26H30N4O3S. The van der Waals surface area contributed by atoms with Crippen LogP contribution in [0.3, 0.4) is 0 Å². The van der Waals surface area contributed by atoms with Gasteiger partial charge < -0.3 is 14.7 Å². The molecule has 0 fully saturated rings.